The lowest BCUT2D eigenvalue weighted by Gasteiger charge is -2.22. The summed E-state index contributed by atoms with van der Waals surface area (Å²) in [5.74, 6) is -0.384. The van der Waals surface area contributed by atoms with E-state index in [0.717, 1.165) is 0 Å². The fraction of sp³-hybridized carbons (Fsp3) is 0.500. The Kier molecular flexibility index (Phi) is 5.30. The molecule has 0 spiro atoms. The first kappa shape index (κ1) is 15.4. The van der Waals surface area contributed by atoms with E-state index in [2.05, 4.69) is 5.32 Å². The monoisotopic (exact) mass is 269 g/mol. The fourth-order valence-corrected chi connectivity index (χ4v) is 1.67. The average Bonchev–Trinajstić information content (AvgIpc) is 2.36. The van der Waals surface area contributed by atoms with Gasteiger partial charge in [0.15, 0.2) is 11.6 Å². The van der Waals surface area contributed by atoms with Crippen LogP contribution in [-0.4, -0.2) is 26.7 Å². The van der Waals surface area contributed by atoms with Gasteiger partial charge in [-0.1, -0.05) is 6.07 Å². The van der Waals surface area contributed by atoms with E-state index in [1.54, 1.807) is 27.0 Å². The van der Waals surface area contributed by atoms with E-state index in [0.29, 0.717) is 12.2 Å². The van der Waals surface area contributed by atoms with Crippen LogP contribution >= 0.6 is 0 Å². The van der Waals surface area contributed by atoms with Crippen LogP contribution in [0.2, 0.25) is 0 Å². The summed E-state index contributed by atoms with van der Waals surface area (Å²) in [5.41, 5.74) is 0.0691. The minimum Gasteiger partial charge on any atom is -0.494 e. The zero-order chi connectivity index (χ0) is 14.5. The lowest BCUT2D eigenvalue weighted by atomic mass is 9.93. The molecule has 0 radical (unpaired) electrons. The Labute approximate surface area is 112 Å². The third-order valence-corrected chi connectivity index (χ3v) is 2.79. The molecule has 0 saturated carbocycles. The quantitative estimate of drug-likeness (QED) is 0.860. The number of amides is 1. The number of hydrogen-bond donors (Lipinski definition) is 1. The van der Waals surface area contributed by atoms with Crippen molar-refractivity contribution in [3.63, 3.8) is 0 Å². The molecule has 5 heteroatoms. The van der Waals surface area contributed by atoms with E-state index in [-0.39, 0.29) is 18.2 Å². The SMILES string of the molecule is COCC(C)(C)C(=O)NCc1ccc(OC)c(F)c1. The first-order chi connectivity index (χ1) is 8.90. The van der Waals surface area contributed by atoms with Gasteiger partial charge in [-0.15, -0.1) is 0 Å². The minimum absolute atomic E-state index is 0.134. The van der Waals surface area contributed by atoms with E-state index >= 15 is 0 Å². The van der Waals surface area contributed by atoms with Crippen LogP contribution in [0.5, 0.6) is 5.75 Å². The Balaban J connectivity index is 2.62. The van der Waals surface area contributed by atoms with Crippen LogP contribution in [0, 0.1) is 11.2 Å². The molecular formula is C14H20FNO3. The molecule has 0 heterocycles. The van der Waals surface area contributed by atoms with Crippen molar-refractivity contribution in [3.8, 4) is 5.75 Å². The van der Waals surface area contributed by atoms with Crippen molar-refractivity contribution >= 4 is 5.91 Å². The van der Waals surface area contributed by atoms with Gasteiger partial charge in [-0.25, -0.2) is 4.39 Å². The molecule has 0 unspecified atom stereocenters. The van der Waals surface area contributed by atoms with E-state index in [4.69, 9.17) is 9.47 Å². The number of hydrogen-bond acceptors (Lipinski definition) is 3. The largest absolute Gasteiger partial charge is 0.494 e. The standard InChI is InChI=1S/C14H20FNO3/c1-14(2,9-18-3)13(17)16-8-10-5-6-12(19-4)11(15)7-10/h5-7H,8-9H2,1-4H3,(H,16,17). The van der Waals surface area contributed by atoms with Crippen molar-refractivity contribution in [1.82, 2.24) is 5.32 Å². The van der Waals surface area contributed by atoms with Crippen LogP contribution in [-0.2, 0) is 16.1 Å². The van der Waals surface area contributed by atoms with Crippen molar-refractivity contribution < 1.29 is 18.7 Å². The highest BCUT2D eigenvalue weighted by molar-refractivity contribution is 5.81. The summed E-state index contributed by atoms with van der Waals surface area (Å²) in [6.45, 7) is 4.18. The van der Waals surface area contributed by atoms with Gasteiger partial charge in [0.1, 0.15) is 0 Å². The number of methoxy groups -OCH3 is 2. The minimum atomic E-state index is -0.611. The zero-order valence-corrected chi connectivity index (χ0v) is 11.7. The van der Waals surface area contributed by atoms with Gasteiger partial charge in [-0.3, -0.25) is 4.79 Å². The second-order valence-electron chi connectivity index (χ2n) is 4.97. The van der Waals surface area contributed by atoms with Gasteiger partial charge in [0, 0.05) is 13.7 Å². The van der Waals surface area contributed by atoms with Gasteiger partial charge in [0.2, 0.25) is 5.91 Å². The highest BCUT2D eigenvalue weighted by atomic mass is 19.1. The zero-order valence-electron chi connectivity index (χ0n) is 11.7. The molecule has 1 rings (SSSR count). The lowest BCUT2D eigenvalue weighted by Crippen LogP contribution is -2.39. The summed E-state index contributed by atoms with van der Waals surface area (Å²) in [5, 5.41) is 2.76. The van der Waals surface area contributed by atoms with Gasteiger partial charge in [-0.05, 0) is 31.5 Å². The van der Waals surface area contributed by atoms with Crippen molar-refractivity contribution in [3.05, 3.63) is 29.6 Å². The highest BCUT2D eigenvalue weighted by Crippen LogP contribution is 2.19. The van der Waals surface area contributed by atoms with Crippen LogP contribution in [0.4, 0.5) is 4.39 Å². The van der Waals surface area contributed by atoms with Gasteiger partial charge in [-0.2, -0.15) is 0 Å². The van der Waals surface area contributed by atoms with Crippen LogP contribution in [0.1, 0.15) is 19.4 Å². The molecule has 4 nitrogen and oxygen atoms in total. The van der Waals surface area contributed by atoms with Crippen molar-refractivity contribution in [2.75, 3.05) is 20.8 Å². The number of halogens is 1. The predicted octanol–water partition coefficient (Wildman–Crippen LogP) is 2.12. The van der Waals surface area contributed by atoms with Crippen molar-refractivity contribution in [2.24, 2.45) is 5.41 Å². The van der Waals surface area contributed by atoms with Crippen molar-refractivity contribution in [2.45, 2.75) is 20.4 Å². The maximum atomic E-state index is 13.5. The molecular weight excluding hydrogens is 249 g/mol. The molecule has 0 aromatic heterocycles. The normalized spacial score (nSPS) is 11.2. The Hall–Kier alpha value is -1.62. The average molecular weight is 269 g/mol. The Bertz CT molecular complexity index is 446. The summed E-state index contributed by atoms with van der Waals surface area (Å²) < 4.78 is 23.3. The molecule has 0 aliphatic carbocycles. The fourth-order valence-electron chi connectivity index (χ4n) is 1.67. The summed E-state index contributed by atoms with van der Waals surface area (Å²) in [6.07, 6.45) is 0. The van der Waals surface area contributed by atoms with Crippen LogP contribution in [0.3, 0.4) is 0 Å². The molecule has 19 heavy (non-hydrogen) atoms. The van der Waals surface area contributed by atoms with E-state index in [1.165, 1.54) is 19.2 Å². The van der Waals surface area contributed by atoms with Crippen LogP contribution in [0.25, 0.3) is 0 Å². The molecule has 0 saturated heterocycles. The summed E-state index contributed by atoms with van der Waals surface area (Å²) in [7, 11) is 2.96. The molecule has 0 aliphatic rings. The first-order valence-corrected chi connectivity index (χ1v) is 6.00. The molecule has 0 aliphatic heterocycles. The summed E-state index contributed by atoms with van der Waals surface area (Å²) in [4.78, 5) is 11.9. The molecule has 106 valence electrons. The molecule has 1 aromatic carbocycles. The number of carbonyl (C=O) groups is 1. The van der Waals surface area contributed by atoms with Crippen LogP contribution in [0.15, 0.2) is 18.2 Å². The maximum absolute atomic E-state index is 13.5. The van der Waals surface area contributed by atoms with Crippen LogP contribution < -0.4 is 10.1 Å². The topological polar surface area (TPSA) is 47.6 Å². The first-order valence-electron chi connectivity index (χ1n) is 6.00. The maximum Gasteiger partial charge on any atom is 0.228 e. The predicted molar refractivity (Wildman–Crippen MR) is 70.5 cm³/mol. The van der Waals surface area contributed by atoms with E-state index < -0.39 is 11.2 Å². The second-order valence-corrected chi connectivity index (χ2v) is 4.97. The highest BCUT2D eigenvalue weighted by Gasteiger charge is 2.27. The smallest absolute Gasteiger partial charge is 0.228 e. The number of benzene rings is 1. The number of nitrogens with one attached hydrogen (secondary N) is 1. The number of ether oxygens (including phenoxy) is 2. The molecule has 1 amide bonds. The molecule has 0 atom stereocenters. The van der Waals surface area contributed by atoms with E-state index in [1.807, 2.05) is 0 Å². The molecule has 0 bridgehead atoms. The lowest BCUT2D eigenvalue weighted by molar-refractivity contribution is -0.132. The van der Waals surface area contributed by atoms with E-state index in [9.17, 15) is 9.18 Å². The summed E-state index contributed by atoms with van der Waals surface area (Å²) in [6, 6.07) is 4.60. The third kappa shape index (κ3) is 4.21. The molecule has 1 aromatic rings. The Morgan fingerprint density at radius 1 is 1.37 bits per heavy atom. The number of rotatable bonds is 6. The van der Waals surface area contributed by atoms with Crippen molar-refractivity contribution in [1.29, 1.82) is 0 Å². The van der Waals surface area contributed by atoms with Gasteiger partial charge in [0.05, 0.1) is 19.1 Å². The Morgan fingerprint density at radius 3 is 2.58 bits per heavy atom. The van der Waals surface area contributed by atoms with Gasteiger partial charge in [0.25, 0.3) is 0 Å². The Morgan fingerprint density at radius 2 is 2.05 bits per heavy atom. The third-order valence-electron chi connectivity index (χ3n) is 2.79. The van der Waals surface area contributed by atoms with Gasteiger partial charge < -0.3 is 14.8 Å². The molecule has 1 N–H and O–H groups in total. The van der Waals surface area contributed by atoms with Gasteiger partial charge >= 0.3 is 0 Å². The summed E-state index contributed by atoms with van der Waals surface area (Å²) >= 11 is 0. The number of carbonyl (C=O) groups excluding carboxylic acids is 1. The molecule has 0 fully saturated rings. The second kappa shape index (κ2) is 6.52.